The van der Waals surface area contributed by atoms with Gasteiger partial charge in [-0.1, -0.05) is 64.2 Å². The van der Waals surface area contributed by atoms with Gasteiger partial charge in [-0.05, 0) is 41.5 Å². The normalized spacial score (nSPS) is 16.1. The third-order valence-corrected chi connectivity index (χ3v) is 5.50. The highest BCUT2D eigenvalue weighted by molar-refractivity contribution is 9.10. The lowest BCUT2D eigenvalue weighted by Gasteiger charge is -2.07. The number of thioether (sulfide) groups is 1. The second-order valence-electron chi connectivity index (χ2n) is 5.22. The SMILES string of the molecule is CN1C(=O)/C(=C\c2ccc(OCc3ccc(Br)cc3)cc2)SC1=S. The molecular formula is C18H14BrNO2S2. The summed E-state index contributed by atoms with van der Waals surface area (Å²) in [4.78, 5) is 14.1. The molecule has 0 spiro atoms. The molecule has 1 aliphatic rings. The molecule has 0 unspecified atom stereocenters. The fraction of sp³-hybridized carbons (Fsp3) is 0.111. The molecule has 0 N–H and O–H groups in total. The minimum absolute atomic E-state index is 0.0550. The van der Waals surface area contributed by atoms with Crippen molar-refractivity contribution in [1.82, 2.24) is 4.90 Å². The molecule has 1 amide bonds. The number of hydrogen-bond donors (Lipinski definition) is 0. The van der Waals surface area contributed by atoms with E-state index in [4.69, 9.17) is 17.0 Å². The highest BCUT2D eigenvalue weighted by atomic mass is 79.9. The van der Waals surface area contributed by atoms with Crippen molar-refractivity contribution in [3.8, 4) is 5.75 Å². The van der Waals surface area contributed by atoms with Crippen LogP contribution in [0.25, 0.3) is 6.08 Å². The Morgan fingerprint density at radius 1 is 1.17 bits per heavy atom. The van der Waals surface area contributed by atoms with Crippen LogP contribution in [0.1, 0.15) is 11.1 Å². The van der Waals surface area contributed by atoms with Gasteiger partial charge in [-0.3, -0.25) is 9.69 Å². The molecule has 0 radical (unpaired) electrons. The number of likely N-dealkylation sites (N-methyl/N-ethyl adjacent to an activating group) is 1. The minimum Gasteiger partial charge on any atom is -0.489 e. The van der Waals surface area contributed by atoms with E-state index in [-0.39, 0.29) is 5.91 Å². The molecule has 0 atom stereocenters. The number of halogens is 1. The highest BCUT2D eigenvalue weighted by Crippen LogP contribution is 2.31. The van der Waals surface area contributed by atoms with Gasteiger partial charge >= 0.3 is 0 Å². The van der Waals surface area contributed by atoms with Crippen LogP contribution in [-0.2, 0) is 11.4 Å². The van der Waals surface area contributed by atoms with E-state index in [9.17, 15) is 4.79 Å². The second kappa shape index (κ2) is 7.51. The van der Waals surface area contributed by atoms with Crippen LogP contribution in [0.15, 0.2) is 57.9 Å². The van der Waals surface area contributed by atoms with E-state index < -0.39 is 0 Å². The van der Waals surface area contributed by atoms with Gasteiger partial charge in [-0.2, -0.15) is 0 Å². The molecule has 0 aromatic heterocycles. The van der Waals surface area contributed by atoms with Crippen molar-refractivity contribution in [3.05, 3.63) is 69.0 Å². The van der Waals surface area contributed by atoms with E-state index in [0.29, 0.717) is 15.8 Å². The third-order valence-electron chi connectivity index (χ3n) is 3.48. The third kappa shape index (κ3) is 4.06. The number of carbonyl (C=O) groups excluding carboxylic acids is 1. The van der Waals surface area contributed by atoms with E-state index in [1.807, 2.05) is 54.6 Å². The molecule has 2 aromatic carbocycles. The van der Waals surface area contributed by atoms with Crippen molar-refractivity contribution in [3.63, 3.8) is 0 Å². The Kier molecular flexibility index (Phi) is 5.38. The maximum absolute atomic E-state index is 12.0. The van der Waals surface area contributed by atoms with Gasteiger partial charge < -0.3 is 4.74 Å². The van der Waals surface area contributed by atoms with E-state index in [2.05, 4.69) is 15.9 Å². The Morgan fingerprint density at radius 2 is 1.83 bits per heavy atom. The average Bonchev–Trinajstić information content (AvgIpc) is 2.83. The zero-order valence-electron chi connectivity index (χ0n) is 12.9. The molecule has 6 heteroatoms. The Balaban J connectivity index is 1.64. The van der Waals surface area contributed by atoms with Gasteiger partial charge in [0, 0.05) is 11.5 Å². The topological polar surface area (TPSA) is 29.5 Å². The average molecular weight is 420 g/mol. The summed E-state index contributed by atoms with van der Waals surface area (Å²) in [5.74, 6) is 0.735. The van der Waals surface area contributed by atoms with Crippen LogP contribution < -0.4 is 4.74 Å². The van der Waals surface area contributed by atoms with Gasteiger partial charge in [0.05, 0.1) is 4.91 Å². The maximum atomic E-state index is 12.0. The molecule has 0 saturated carbocycles. The summed E-state index contributed by atoms with van der Waals surface area (Å²) < 4.78 is 7.41. The summed E-state index contributed by atoms with van der Waals surface area (Å²) in [5, 5.41) is 0. The first-order valence-corrected chi connectivity index (χ1v) is 9.23. The first-order chi connectivity index (χ1) is 11.5. The standard InChI is InChI=1S/C18H14BrNO2S2/c1-20-17(21)16(24-18(20)23)10-12-4-8-15(9-5-12)22-11-13-2-6-14(19)7-3-13/h2-10H,11H2,1H3/b16-10+. The Bertz CT molecular complexity index is 801. The molecular weight excluding hydrogens is 406 g/mol. The smallest absolute Gasteiger partial charge is 0.265 e. The van der Waals surface area contributed by atoms with Crippen molar-refractivity contribution >= 4 is 56.2 Å². The zero-order chi connectivity index (χ0) is 17.1. The molecule has 3 nitrogen and oxygen atoms in total. The molecule has 2 aromatic rings. The monoisotopic (exact) mass is 419 g/mol. The van der Waals surface area contributed by atoms with Crippen molar-refractivity contribution in [2.75, 3.05) is 7.05 Å². The number of thiocarbonyl (C=S) groups is 1. The predicted octanol–water partition coefficient (Wildman–Crippen LogP) is 4.86. The van der Waals surface area contributed by atoms with Crippen molar-refractivity contribution < 1.29 is 9.53 Å². The number of amides is 1. The lowest BCUT2D eigenvalue weighted by Crippen LogP contribution is -2.22. The number of benzene rings is 2. The summed E-state index contributed by atoms with van der Waals surface area (Å²) in [6, 6.07) is 15.7. The lowest BCUT2D eigenvalue weighted by atomic mass is 10.2. The second-order valence-corrected chi connectivity index (χ2v) is 7.82. The Labute approximate surface area is 158 Å². The van der Waals surface area contributed by atoms with Gasteiger partial charge in [0.15, 0.2) is 0 Å². The first kappa shape index (κ1) is 17.2. The fourth-order valence-electron chi connectivity index (χ4n) is 2.10. The van der Waals surface area contributed by atoms with E-state index >= 15 is 0 Å². The Morgan fingerprint density at radius 3 is 2.42 bits per heavy atom. The quantitative estimate of drug-likeness (QED) is 0.522. The molecule has 1 heterocycles. The number of nitrogens with zero attached hydrogens (tertiary/aromatic N) is 1. The molecule has 1 aliphatic heterocycles. The number of carbonyl (C=O) groups is 1. The van der Waals surface area contributed by atoms with Crippen molar-refractivity contribution in [2.24, 2.45) is 0 Å². The van der Waals surface area contributed by atoms with Crippen molar-refractivity contribution in [2.45, 2.75) is 6.61 Å². The number of ether oxygens (including phenoxy) is 1. The van der Waals surface area contributed by atoms with E-state index in [1.165, 1.54) is 16.7 Å². The van der Waals surface area contributed by atoms with Crippen LogP contribution in [0.4, 0.5) is 0 Å². The summed E-state index contributed by atoms with van der Waals surface area (Å²) in [6.45, 7) is 0.515. The molecule has 3 rings (SSSR count). The fourth-order valence-corrected chi connectivity index (χ4v) is 3.55. The lowest BCUT2D eigenvalue weighted by molar-refractivity contribution is -0.121. The van der Waals surface area contributed by atoms with Gasteiger partial charge in [0.1, 0.15) is 16.7 Å². The Hall–Kier alpha value is -1.63. The van der Waals surface area contributed by atoms with Crippen LogP contribution in [-0.4, -0.2) is 22.2 Å². The number of hydrogen-bond acceptors (Lipinski definition) is 4. The molecule has 24 heavy (non-hydrogen) atoms. The molecule has 1 saturated heterocycles. The van der Waals surface area contributed by atoms with E-state index in [1.54, 1.807) is 7.05 Å². The van der Waals surface area contributed by atoms with Crippen molar-refractivity contribution in [1.29, 1.82) is 0 Å². The molecule has 122 valence electrons. The van der Waals surface area contributed by atoms with Crippen LogP contribution in [0.3, 0.4) is 0 Å². The predicted molar refractivity (Wildman–Crippen MR) is 106 cm³/mol. The zero-order valence-corrected chi connectivity index (χ0v) is 16.1. The van der Waals surface area contributed by atoms with Crippen LogP contribution in [0.2, 0.25) is 0 Å². The van der Waals surface area contributed by atoms with E-state index in [0.717, 1.165) is 21.3 Å². The van der Waals surface area contributed by atoms with Gasteiger partial charge in [-0.15, -0.1) is 0 Å². The van der Waals surface area contributed by atoms with Crippen LogP contribution in [0.5, 0.6) is 5.75 Å². The largest absolute Gasteiger partial charge is 0.489 e. The summed E-state index contributed by atoms with van der Waals surface area (Å²) in [7, 11) is 1.69. The summed E-state index contributed by atoms with van der Waals surface area (Å²) in [6.07, 6.45) is 1.85. The molecule has 0 bridgehead atoms. The van der Waals surface area contributed by atoms with Crippen LogP contribution >= 0.6 is 39.9 Å². The molecule has 1 fully saturated rings. The summed E-state index contributed by atoms with van der Waals surface area (Å²) in [5.41, 5.74) is 2.05. The highest BCUT2D eigenvalue weighted by Gasteiger charge is 2.28. The summed E-state index contributed by atoms with van der Waals surface area (Å²) >= 11 is 9.86. The number of rotatable bonds is 4. The van der Waals surface area contributed by atoms with Gasteiger partial charge in [0.2, 0.25) is 0 Å². The van der Waals surface area contributed by atoms with Crippen LogP contribution in [0, 0.1) is 0 Å². The van der Waals surface area contributed by atoms with Gasteiger partial charge in [-0.25, -0.2) is 0 Å². The first-order valence-electron chi connectivity index (χ1n) is 7.22. The minimum atomic E-state index is -0.0550. The maximum Gasteiger partial charge on any atom is 0.265 e. The van der Waals surface area contributed by atoms with Gasteiger partial charge in [0.25, 0.3) is 5.91 Å². The molecule has 0 aliphatic carbocycles.